The largest absolute Gasteiger partial charge is 0.758 e. The van der Waals surface area contributed by atoms with Crippen molar-refractivity contribution in [2.75, 3.05) is 0 Å². The molecule has 1 heterocycles. The second kappa shape index (κ2) is 3.57. The second-order valence-corrected chi connectivity index (χ2v) is 4.59. The Bertz CT molecular complexity index is 417. The molecule has 1 aliphatic rings. The molecule has 74 valence electrons. The molecule has 1 aromatic rings. The fourth-order valence-electron chi connectivity index (χ4n) is 1.54. The molecule has 0 radical (unpaired) electrons. The lowest BCUT2D eigenvalue weighted by Gasteiger charge is -2.32. The normalized spacial score (nSPS) is 15.1. The van der Waals surface area contributed by atoms with Crippen molar-refractivity contribution in [1.82, 2.24) is 5.06 Å². The maximum absolute atomic E-state index is 11.2. The van der Waals surface area contributed by atoms with Crippen molar-refractivity contribution in [3.63, 3.8) is 0 Å². The topological polar surface area (TPSA) is 26.3 Å². The van der Waals surface area contributed by atoms with Crippen LogP contribution in [0.3, 0.4) is 0 Å². The van der Waals surface area contributed by atoms with Crippen LogP contribution in [0.5, 0.6) is 0 Å². The standard InChI is InChI=1S/C10H8BrClNO/c1-6-2-7-8(10(12)3-6)4-13(14)5-9(7)11/h2-3,5H,4H2,1H3/q-1. The van der Waals surface area contributed by atoms with Crippen LogP contribution in [0.2, 0.25) is 5.02 Å². The number of hydroxylamine groups is 2. The zero-order chi connectivity index (χ0) is 10.3. The summed E-state index contributed by atoms with van der Waals surface area (Å²) in [5, 5.41) is 12.8. The van der Waals surface area contributed by atoms with Crippen molar-refractivity contribution in [2.45, 2.75) is 13.5 Å². The maximum atomic E-state index is 11.2. The molecule has 14 heavy (non-hydrogen) atoms. The summed E-state index contributed by atoms with van der Waals surface area (Å²) in [6.45, 7) is 2.31. The van der Waals surface area contributed by atoms with Crippen LogP contribution < -0.4 is 0 Å². The molecule has 0 aromatic heterocycles. The van der Waals surface area contributed by atoms with Gasteiger partial charge in [-0.1, -0.05) is 17.7 Å². The minimum Gasteiger partial charge on any atom is -0.758 e. The van der Waals surface area contributed by atoms with Crippen LogP contribution in [-0.4, -0.2) is 5.06 Å². The van der Waals surface area contributed by atoms with Crippen LogP contribution in [0.4, 0.5) is 0 Å². The molecule has 0 amide bonds. The quantitative estimate of drug-likeness (QED) is 0.721. The summed E-state index contributed by atoms with van der Waals surface area (Å²) in [6, 6.07) is 3.90. The second-order valence-electron chi connectivity index (χ2n) is 3.33. The summed E-state index contributed by atoms with van der Waals surface area (Å²) in [5.41, 5.74) is 3.00. The van der Waals surface area contributed by atoms with Crippen molar-refractivity contribution in [3.8, 4) is 0 Å². The summed E-state index contributed by atoms with van der Waals surface area (Å²) >= 11 is 9.42. The highest BCUT2D eigenvalue weighted by Crippen LogP contribution is 2.35. The highest BCUT2D eigenvalue weighted by Gasteiger charge is 2.14. The molecule has 0 atom stereocenters. The first-order chi connectivity index (χ1) is 6.58. The molecular formula is C10H8BrClNO-. The van der Waals surface area contributed by atoms with Crippen molar-refractivity contribution in [1.29, 1.82) is 0 Å². The average molecular weight is 274 g/mol. The average Bonchev–Trinajstić information content (AvgIpc) is 2.07. The van der Waals surface area contributed by atoms with E-state index in [1.807, 2.05) is 19.1 Å². The SMILES string of the molecule is Cc1cc(Cl)c2c(c1)C(Br)=CN([O-])C2. The van der Waals surface area contributed by atoms with Crippen LogP contribution in [0, 0.1) is 12.1 Å². The van der Waals surface area contributed by atoms with E-state index in [-0.39, 0.29) is 0 Å². The number of hydrogen-bond donors (Lipinski definition) is 0. The summed E-state index contributed by atoms with van der Waals surface area (Å²) in [7, 11) is 0. The predicted octanol–water partition coefficient (Wildman–Crippen LogP) is 3.66. The maximum Gasteiger partial charge on any atom is 0.0464 e. The van der Waals surface area contributed by atoms with E-state index in [2.05, 4.69) is 15.9 Å². The molecular weight excluding hydrogens is 265 g/mol. The van der Waals surface area contributed by atoms with Gasteiger partial charge in [-0.15, -0.1) is 0 Å². The van der Waals surface area contributed by atoms with E-state index in [4.69, 9.17) is 11.6 Å². The first kappa shape index (κ1) is 10.0. The third-order valence-electron chi connectivity index (χ3n) is 2.17. The third kappa shape index (κ3) is 1.67. The van der Waals surface area contributed by atoms with Gasteiger partial charge in [0.05, 0.1) is 0 Å². The van der Waals surface area contributed by atoms with Crippen molar-refractivity contribution < 1.29 is 0 Å². The minimum atomic E-state index is 0.323. The Hall–Kier alpha value is -0.510. The molecule has 0 unspecified atom stereocenters. The van der Waals surface area contributed by atoms with E-state index in [9.17, 15) is 5.21 Å². The Kier molecular flexibility index (Phi) is 2.56. The monoisotopic (exact) mass is 272 g/mol. The number of halogens is 2. The smallest absolute Gasteiger partial charge is 0.0464 e. The summed E-state index contributed by atoms with van der Waals surface area (Å²) in [5.74, 6) is 0. The van der Waals surface area contributed by atoms with Crippen LogP contribution in [0.25, 0.3) is 4.48 Å². The zero-order valence-corrected chi connectivity index (χ0v) is 9.89. The highest BCUT2D eigenvalue weighted by atomic mass is 79.9. The lowest BCUT2D eigenvalue weighted by molar-refractivity contribution is 0.500. The Balaban J connectivity index is 2.63. The number of nitrogens with zero attached hydrogens (tertiary/aromatic N) is 1. The van der Waals surface area contributed by atoms with Crippen LogP contribution >= 0.6 is 27.5 Å². The molecule has 1 aromatic carbocycles. The van der Waals surface area contributed by atoms with Gasteiger partial charge in [-0.25, -0.2) is 0 Å². The fourth-order valence-corrected chi connectivity index (χ4v) is 2.46. The van der Waals surface area contributed by atoms with Gasteiger partial charge in [-0.2, -0.15) is 0 Å². The van der Waals surface area contributed by atoms with Gasteiger partial charge in [0.25, 0.3) is 0 Å². The molecule has 0 spiro atoms. The summed E-state index contributed by atoms with van der Waals surface area (Å²) in [6.07, 6.45) is 1.53. The van der Waals surface area contributed by atoms with Gasteiger partial charge >= 0.3 is 0 Å². The van der Waals surface area contributed by atoms with Gasteiger partial charge in [0.15, 0.2) is 0 Å². The first-order valence-corrected chi connectivity index (χ1v) is 5.35. The molecule has 2 nitrogen and oxygen atoms in total. The number of rotatable bonds is 0. The van der Waals surface area contributed by atoms with Gasteiger partial charge in [0.2, 0.25) is 0 Å². The minimum absolute atomic E-state index is 0.323. The van der Waals surface area contributed by atoms with E-state index in [0.29, 0.717) is 11.6 Å². The van der Waals surface area contributed by atoms with Crippen LogP contribution in [-0.2, 0) is 6.54 Å². The van der Waals surface area contributed by atoms with E-state index in [1.54, 1.807) is 0 Å². The molecule has 0 saturated carbocycles. The Morgan fingerprint density at radius 2 is 2.21 bits per heavy atom. The van der Waals surface area contributed by atoms with E-state index < -0.39 is 0 Å². The summed E-state index contributed by atoms with van der Waals surface area (Å²) < 4.78 is 0.791. The lowest BCUT2D eigenvalue weighted by Crippen LogP contribution is -2.14. The van der Waals surface area contributed by atoms with Gasteiger partial charge in [0, 0.05) is 22.2 Å². The van der Waals surface area contributed by atoms with Gasteiger partial charge in [-0.3, -0.25) is 0 Å². The number of aryl methyl sites for hydroxylation is 1. The highest BCUT2D eigenvalue weighted by molar-refractivity contribution is 9.15. The Labute approximate surface area is 95.9 Å². The molecule has 0 N–H and O–H groups in total. The Morgan fingerprint density at radius 1 is 1.50 bits per heavy atom. The van der Waals surface area contributed by atoms with E-state index >= 15 is 0 Å². The van der Waals surface area contributed by atoms with Gasteiger partial charge in [-0.05, 0) is 45.6 Å². The zero-order valence-electron chi connectivity index (χ0n) is 7.55. The summed E-state index contributed by atoms with van der Waals surface area (Å²) in [4.78, 5) is 0. The molecule has 4 heteroatoms. The first-order valence-electron chi connectivity index (χ1n) is 4.18. The van der Waals surface area contributed by atoms with E-state index in [1.165, 1.54) is 6.20 Å². The number of benzene rings is 1. The van der Waals surface area contributed by atoms with E-state index in [0.717, 1.165) is 26.2 Å². The Morgan fingerprint density at radius 3 is 2.93 bits per heavy atom. The van der Waals surface area contributed by atoms with Crippen molar-refractivity contribution in [3.05, 3.63) is 45.3 Å². The van der Waals surface area contributed by atoms with Crippen molar-refractivity contribution >= 4 is 32.0 Å². The molecule has 0 saturated heterocycles. The molecule has 1 aliphatic heterocycles. The lowest BCUT2D eigenvalue weighted by atomic mass is 10.0. The molecule has 0 aliphatic carbocycles. The third-order valence-corrected chi connectivity index (χ3v) is 3.14. The number of fused-ring (bicyclic) bond motifs is 1. The predicted molar refractivity (Wildman–Crippen MR) is 62.0 cm³/mol. The van der Waals surface area contributed by atoms with Crippen LogP contribution in [0.1, 0.15) is 16.7 Å². The molecule has 0 fully saturated rings. The van der Waals surface area contributed by atoms with Crippen molar-refractivity contribution in [2.24, 2.45) is 0 Å². The number of hydrogen-bond acceptors (Lipinski definition) is 2. The van der Waals surface area contributed by atoms with Gasteiger partial charge in [0.1, 0.15) is 0 Å². The van der Waals surface area contributed by atoms with Gasteiger partial charge < -0.3 is 10.3 Å². The molecule has 2 rings (SSSR count). The van der Waals surface area contributed by atoms with Crippen LogP contribution in [0.15, 0.2) is 18.3 Å². The fraction of sp³-hybridized carbons (Fsp3) is 0.200. The molecule has 0 bridgehead atoms.